The smallest absolute Gasteiger partial charge is 0.243 e. The largest absolute Gasteiger partial charge is 0.379 e. The second kappa shape index (κ2) is 10.8. The molecule has 4 rings (SSSR count). The number of sulfonamides is 1. The highest BCUT2D eigenvalue weighted by atomic mass is 32.2. The van der Waals surface area contributed by atoms with Gasteiger partial charge in [0.05, 0.1) is 24.5 Å². The normalized spacial score (nSPS) is 14.6. The maximum atomic E-state index is 12.7. The van der Waals surface area contributed by atoms with Crippen molar-refractivity contribution < 1.29 is 22.7 Å². The SMILES string of the molecule is O=C(CCc1ccc(S(=O)(=O)N2CCOCC2)cc1)NNC(=O)Cc1ccc2ccccc2c1. The standard InChI is InChI=1S/C25H27N3O5S/c29-24(26-27-25(30)18-20-5-9-21-3-1-2-4-22(21)17-20)12-8-19-6-10-23(11-7-19)34(31,32)28-13-15-33-16-14-28/h1-7,9-11,17H,8,12-16,18H2,(H,26,29)(H,27,30). The van der Waals surface area contributed by atoms with Crippen molar-refractivity contribution in [2.45, 2.75) is 24.2 Å². The van der Waals surface area contributed by atoms with E-state index in [0.29, 0.717) is 32.7 Å². The number of amides is 2. The van der Waals surface area contributed by atoms with Gasteiger partial charge in [0, 0.05) is 19.5 Å². The first kappa shape index (κ1) is 23.9. The molecular weight excluding hydrogens is 454 g/mol. The molecule has 0 unspecified atom stereocenters. The fourth-order valence-electron chi connectivity index (χ4n) is 3.80. The first-order chi connectivity index (χ1) is 16.4. The first-order valence-electron chi connectivity index (χ1n) is 11.1. The van der Waals surface area contributed by atoms with Crippen LogP contribution in [0, 0.1) is 0 Å². The lowest BCUT2D eigenvalue weighted by atomic mass is 10.1. The number of hydrogen-bond donors (Lipinski definition) is 2. The van der Waals surface area contributed by atoms with Crippen LogP contribution in [0.25, 0.3) is 10.8 Å². The zero-order chi connectivity index (χ0) is 24.0. The molecule has 1 fully saturated rings. The van der Waals surface area contributed by atoms with Crippen molar-refractivity contribution >= 4 is 32.6 Å². The lowest BCUT2D eigenvalue weighted by Gasteiger charge is -2.26. The van der Waals surface area contributed by atoms with Gasteiger partial charge in [-0.15, -0.1) is 0 Å². The van der Waals surface area contributed by atoms with E-state index in [1.54, 1.807) is 24.3 Å². The Bertz CT molecular complexity index is 1270. The predicted molar refractivity (Wildman–Crippen MR) is 128 cm³/mol. The molecule has 2 N–H and O–H groups in total. The molecule has 0 aliphatic carbocycles. The molecule has 178 valence electrons. The van der Waals surface area contributed by atoms with E-state index in [0.717, 1.165) is 21.9 Å². The Morgan fingerprint density at radius 3 is 2.21 bits per heavy atom. The van der Waals surface area contributed by atoms with Crippen LogP contribution >= 0.6 is 0 Å². The third kappa shape index (κ3) is 5.99. The number of hydrazine groups is 1. The van der Waals surface area contributed by atoms with Gasteiger partial charge in [0.25, 0.3) is 0 Å². The molecule has 1 saturated heterocycles. The van der Waals surface area contributed by atoms with Gasteiger partial charge >= 0.3 is 0 Å². The van der Waals surface area contributed by atoms with Gasteiger partial charge in [0.15, 0.2) is 0 Å². The molecule has 1 heterocycles. The molecule has 0 atom stereocenters. The van der Waals surface area contributed by atoms with Crippen molar-refractivity contribution in [3.05, 3.63) is 77.9 Å². The van der Waals surface area contributed by atoms with Gasteiger partial charge in [-0.05, 0) is 40.5 Å². The topological polar surface area (TPSA) is 105 Å². The van der Waals surface area contributed by atoms with Crippen molar-refractivity contribution in [1.29, 1.82) is 0 Å². The summed E-state index contributed by atoms with van der Waals surface area (Å²) < 4.78 is 32.0. The summed E-state index contributed by atoms with van der Waals surface area (Å²) in [5.41, 5.74) is 6.57. The lowest BCUT2D eigenvalue weighted by Crippen LogP contribution is -2.42. The van der Waals surface area contributed by atoms with Crippen LogP contribution in [-0.2, 0) is 37.2 Å². The van der Waals surface area contributed by atoms with Crippen LogP contribution < -0.4 is 10.9 Å². The summed E-state index contributed by atoms with van der Waals surface area (Å²) in [5.74, 6) is -0.627. The molecule has 1 aliphatic rings. The van der Waals surface area contributed by atoms with Gasteiger partial charge in [-0.3, -0.25) is 20.4 Å². The number of carbonyl (C=O) groups excluding carboxylic acids is 2. The Labute approximate surface area is 198 Å². The second-order valence-corrected chi connectivity index (χ2v) is 10.1. The summed E-state index contributed by atoms with van der Waals surface area (Å²) >= 11 is 0. The van der Waals surface area contributed by atoms with Crippen LogP contribution in [-0.4, -0.2) is 50.8 Å². The minimum atomic E-state index is -3.54. The lowest BCUT2D eigenvalue weighted by molar-refractivity contribution is -0.128. The fraction of sp³-hybridized carbons (Fsp3) is 0.280. The van der Waals surface area contributed by atoms with Gasteiger partial charge in [0.2, 0.25) is 21.8 Å². The van der Waals surface area contributed by atoms with E-state index in [1.807, 2.05) is 42.5 Å². The predicted octanol–water partition coefficient (Wildman–Crippen LogP) is 2.18. The first-order valence-corrected chi connectivity index (χ1v) is 12.6. The number of ether oxygens (including phenoxy) is 1. The van der Waals surface area contributed by atoms with Crippen molar-refractivity contribution in [1.82, 2.24) is 15.2 Å². The minimum Gasteiger partial charge on any atom is -0.379 e. The van der Waals surface area contributed by atoms with E-state index in [2.05, 4.69) is 10.9 Å². The van der Waals surface area contributed by atoms with Crippen LogP contribution in [0.15, 0.2) is 71.6 Å². The number of rotatable bonds is 7. The maximum Gasteiger partial charge on any atom is 0.243 e. The van der Waals surface area contributed by atoms with Gasteiger partial charge in [-0.2, -0.15) is 4.31 Å². The van der Waals surface area contributed by atoms with Crippen LogP contribution in [0.3, 0.4) is 0 Å². The molecule has 3 aromatic rings. The number of morpholine rings is 1. The zero-order valence-corrected chi connectivity index (χ0v) is 19.5. The molecule has 0 radical (unpaired) electrons. The molecule has 8 nitrogen and oxygen atoms in total. The number of nitrogens with one attached hydrogen (secondary N) is 2. The molecule has 0 aromatic heterocycles. The Balaban J connectivity index is 1.23. The zero-order valence-electron chi connectivity index (χ0n) is 18.7. The molecular formula is C25H27N3O5S. The number of carbonyl (C=O) groups is 2. The van der Waals surface area contributed by atoms with Gasteiger partial charge in [-0.1, -0.05) is 54.6 Å². The Morgan fingerprint density at radius 1 is 0.824 bits per heavy atom. The van der Waals surface area contributed by atoms with E-state index in [9.17, 15) is 18.0 Å². The summed E-state index contributed by atoms with van der Waals surface area (Å²) in [5, 5.41) is 2.16. The monoisotopic (exact) mass is 481 g/mol. The number of aryl methyl sites for hydroxylation is 1. The quantitative estimate of drug-likeness (QED) is 0.504. The van der Waals surface area contributed by atoms with E-state index in [4.69, 9.17) is 4.74 Å². The van der Waals surface area contributed by atoms with E-state index < -0.39 is 10.0 Å². The average molecular weight is 482 g/mol. The highest BCUT2D eigenvalue weighted by Gasteiger charge is 2.26. The van der Waals surface area contributed by atoms with Gasteiger partial charge in [-0.25, -0.2) is 8.42 Å². The second-order valence-electron chi connectivity index (χ2n) is 8.12. The summed E-state index contributed by atoms with van der Waals surface area (Å²) in [6.07, 6.45) is 0.736. The average Bonchev–Trinajstić information content (AvgIpc) is 2.87. The molecule has 9 heteroatoms. The van der Waals surface area contributed by atoms with Gasteiger partial charge < -0.3 is 4.74 Å². The highest BCUT2D eigenvalue weighted by molar-refractivity contribution is 7.89. The van der Waals surface area contributed by atoms with Crippen LogP contribution in [0.1, 0.15) is 17.5 Å². The van der Waals surface area contributed by atoms with Crippen molar-refractivity contribution in [3.8, 4) is 0 Å². The summed E-state index contributed by atoms with van der Waals surface area (Å²) in [7, 11) is -3.54. The van der Waals surface area contributed by atoms with Crippen LogP contribution in [0.5, 0.6) is 0 Å². The Kier molecular flexibility index (Phi) is 7.56. The number of hydrogen-bond acceptors (Lipinski definition) is 5. The molecule has 1 aliphatic heterocycles. The maximum absolute atomic E-state index is 12.7. The molecule has 34 heavy (non-hydrogen) atoms. The number of fused-ring (bicyclic) bond motifs is 1. The summed E-state index contributed by atoms with van der Waals surface area (Å²) in [6.45, 7) is 1.48. The number of nitrogens with zero attached hydrogens (tertiary/aromatic N) is 1. The van der Waals surface area contributed by atoms with Crippen LogP contribution in [0.2, 0.25) is 0 Å². The number of benzene rings is 3. The third-order valence-corrected chi connectivity index (χ3v) is 7.60. The highest BCUT2D eigenvalue weighted by Crippen LogP contribution is 2.18. The van der Waals surface area contributed by atoms with Crippen LogP contribution in [0.4, 0.5) is 0 Å². The van der Waals surface area contributed by atoms with Gasteiger partial charge in [0.1, 0.15) is 0 Å². The third-order valence-electron chi connectivity index (χ3n) is 5.69. The molecule has 2 amide bonds. The van der Waals surface area contributed by atoms with Crippen molar-refractivity contribution in [3.63, 3.8) is 0 Å². The van der Waals surface area contributed by atoms with E-state index in [-0.39, 0.29) is 29.6 Å². The summed E-state index contributed by atoms with van der Waals surface area (Å²) in [6, 6.07) is 20.3. The molecule has 0 bridgehead atoms. The Morgan fingerprint density at radius 2 is 1.47 bits per heavy atom. The minimum absolute atomic E-state index is 0.157. The molecule has 3 aromatic carbocycles. The molecule has 0 spiro atoms. The fourth-order valence-corrected chi connectivity index (χ4v) is 5.21. The Hall–Kier alpha value is -3.27. The van der Waals surface area contributed by atoms with Crippen molar-refractivity contribution in [2.24, 2.45) is 0 Å². The van der Waals surface area contributed by atoms with Crippen molar-refractivity contribution in [2.75, 3.05) is 26.3 Å². The van der Waals surface area contributed by atoms with E-state index in [1.165, 1.54) is 4.31 Å². The van der Waals surface area contributed by atoms with E-state index >= 15 is 0 Å². The molecule has 0 saturated carbocycles. The summed E-state index contributed by atoms with van der Waals surface area (Å²) in [4.78, 5) is 24.6.